The van der Waals surface area contributed by atoms with Gasteiger partial charge in [0.25, 0.3) is 11.6 Å². The maximum Gasteiger partial charge on any atom is 0.271 e. The molecule has 6 nitrogen and oxygen atoms in total. The van der Waals surface area contributed by atoms with Crippen LogP contribution in [0.3, 0.4) is 0 Å². The van der Waals surface area contributed by atoms with Crippen molar-refractivity contribution in [1.29, 1.82) is 0 Å². The Hall–Kier alpha value is -2.41. The molecule has 0 unspecified atom stereocenters. The Balaban J connectivity index is 2.27. The molecule has 3 N–H and O–H groups in total. The van der Waals surface area contributed by atoms with E-state index in [9.17, 15) is 14.9 Å². The van der Waals surface area contributed by atoms with Crippen molar-refractivity contribution >= 4 is 38.9 Å². The van der Waals surface area contributed by atoms with Crippen LogP contribution in [0, 0.1) is 10.1 Å². The molecule has 0 bridgehead atoms. The van der Waals surface area contributed by atoms with E-state index in [1.165, 1.54) is 18.2 Å². The number of nitro groups is 1. The molecule has 0 fully saturated rings. The third-order valence-electron chi connectivity index (χ3n) is 2.50. The Bertz CT molecular complexity index is 688. The van der Waals surface area contributed by atoms with Crippen molar-refractivity contribution in [3.63, 3.8) is 0 Å². The molecule has 0 saturated carbocycles. The van der Waals surface area contributed by atoms with Crippen LogP contribution >= 0.6 is 15.9 Å². The number of nitro benzene ring substituents is 1. The molecular weight excluding hydrogens is 326 g/mol. The van der Waals surface area contributed by atoms with Crippen LogP contribution in [0.15, 0.2) is 46.9 Å². The molecule has 2 rings (SSSR count). The van der Waals surface area contributed by atoms with Crippen molar-refractivity contribution in [3.05, 3.63) is 62.6 Å². The second-order valence-electron chi connectivity index (χ2n) is 4.03. The number of anilines is 2. The summed E-state index contributed by atoms with van der Waals surface area (Å²) in [6.45, 7) is 0. The highest BCUT2D eigenvalue weighted by molar-refractivity contribution is 9.10. The van der Waals surface area contributed by atoms with Crippen LogP contribution in [0.5, 0.6) is 0 Å². The van der Waals surface area contributed by atoms with Gasteiger partial charge in [-0.2, -0.15) is 0 Å². The summed E-state index contributed by atoms with van der Waals surface area (Å²) < 4.78 is 0.462. The van der Waals surface area contributed by atoms with E-state index >= 15 is 0 Å². The standard InChI is InChI=1S/C13H10BrN3O3/c14-9-4-8(5-12(6-9)17(19)20)13(18)16-11-3-1-2-10(15)7-11/h1-7H,15H2,(H,16,18). The Morgan fingerprint density at radius 2 is 2.00 bits per heavy atom. The Kier molecular flexibility index (Phi) is 3.99. The van der Waals surface area contributed by atoms with E-state index in [0.717, 1.165) is 0 Å². The number of non-ortho nitro benzene ring substituents is 1. The first-order valence-corrected chi connectivity index (χ1v) is 6.37. The minimum Gasteiger partial charge on any atom is -0.399 e. The number of hydrogen-bond donors (Lipinski definition) is 2. The predicted molar refractivity (Wildman–Crippen MR) is 79.6 cm³/mol. The summed E-state index contributed by atoms with van der Waals surface area (Å²) >= 11 is 3.14. The summed E-state index contributed by atoms with van der Waals surface area (Å²) in [5, 5.41) is 13.4. The highest BCUT2D eigenvalue weighted by atomic mass is 79.9. The average molecular weight is 336 g/mol. The molecule has 0 aliphatic carbocycles. The number of carbonyl (C=O) groups is 1. The minimum atomic E-state index is -0.554. The highest BCUT2D eigenvalue weighted by Gasteiger charge is 2.14. The van der Waals surface area contributed by atoms with Crippen LogP contribution < -0.4 is 11.1 Å². The topological polar surface area (TPSA) is 98.3 Å². The first-order valence-electron chi connectivity index (χ1n) is 5.57. The molecule has 0 aliphatic rings. The lowest BCUT2D eigenvalue weighted by molar-refractivity contribution is -0.384. The number of nitrogens with one attached hydrogen (secondary N) is 1. The van der Waals surface area contributed by atoms with E-state index in [1.54, 1.807) is 24.3 Å². The number of nitrogens with two attached hydrogens (primary N) is 1. The van der Waals surface area contributed by atoms with Crippen LogP contribution in [0.25, 0.3) is 0 Å². The van der Waals surface area contributed by atoms with Crippen molar-refractivity contribution in [2.75, 3.05) is 11.1 Å². The van der Waals surface area contributed by atoms with Gasteiger partial charge in [-0.05, 0) is 24.3 Å². The summed E-state index contributed by atoms with van der Waals surface area (Å²) in [4.78, 5) is 22.3. The lowest BCUT2D eigenvalue weighted by Crippen LogP contribution is -2.12. The molecule has 102 valence electrons. The molecule has 20 heavy (non-hydrogen) atoms. The number of benzene rings is 2. The van der Waals surface area contributed by atoms with Gasteiger partial charge in [-0.3, -0.25) is 14.9 Å². The third kappa shape index (κ3) is 3.33. The van der Waals surface area contributed by atoms with Gasteiger partial charge in [-0.25, -0.2) is 0 Å². The molecule has 2 aromatic carbocycles. The van der Waals surface area contributed by atoms with Crippen LogP contribution in [0.1, 0.15) is 10.4 Å². The normalized spacial score (nSPS) is 10.1. The molecule has 0 spiro atoms. The molecule has 0 atom stereocenters. The third-order valence-corrected chi connectivity index (χ3v) is 2.96. The first-order chi connectivity index (χ1) is 9.45. The van der Waals surface area contributed by atoms with Crippen molar-refractivity contribution in [1.82, 2.24) is 0 Å². The van der Waals surface area contributed by atoms with Gasteiger partial charge in [0.15, 0.2) is 0 Å². The zero-order valence-corrected chi connectivity index (χ0v) is 11.8. The summed E-state index contributed by atoms with van der Waals surface area (Å²) in [5.41, 5.74) is 6.69. The number of nitrogens with zero attached hydrogens (tertiary/aromatic N) is 1. The average Bonchev–Trinajstić information content (AvgIpc) is 2.37. The number of hydrogen-bond acceptors (Lipinski definition) is 4. The van der Waals surface area contributed by atoms with Gasteiger partial charge in [-0.15, -0.1) is 0 Å². The molecule has 0 heterocycles. The highest BCUT2D eigenvalue weighted by Crippen LogP contribution is 2.22. The monoisotopic (exact) mass is 335 g/mol. The van der Waals surface area contributed by atoms with Gasteiger partial charge in [0.1, 0.15) is 0 Å². The summed E-state index contributed by atoms with van der Waals surface area (Å²) in [6, 6.07) is 10.7. The second kappa shape index (κ2) is 5.70. The van der Waals surface area contributed by atoms with Gasteiger partial charge < -0.3 is 11.1 Å². The molecule has 0 saturated heterocycles. The van der Waals surface area contributed by atoms with E-state index in [0.29, 0.717) is 15.8 Å². The Morgan fingerprint density at radius 1 is 1.25 bits per heavy atom. The molecule has 0 radical (unpaired) electrons. The number of rotatable bonds is 3. The van der Waals surface area contributed by atoms with Crippen LogP contribution in [0.2, 0.25) is 0 Å². The van der Waals surface area contributed by atoms with Gasteiger partial charge in [0, 0.05) is 33.5 Å². The van der Waals surface area contributed by atoms with Gasteiger partial charge in [0.2, 0.25) is 0 Å². The smallest absolute Gasteiger partial charge is 0.271 e. The quantitative estimate of drug-likeness (QED) is 0.511. The van der Waals surface area contributed by atoms with E-state index in [2.05, 4.69) is 21.2 Å². The van der Waals surface area contributed by atoms with Crippen molar-refractivity contribution in [3.8, 4) is 0 Å². The number of amides is 1. The molecule has 0 aromatic heterocycles. The molecule has 0 aliphatic heterocycles. The number of halogens is 1. The van der Waals surface area contributed by atoms with E-state index in [-0.39, 0.29) is 11.3 Å². The number of carbonyl (C=O) groups excluding carboxylic acids is 1. The number of nitrogen functional groups attached to an aromatic ring is 1. The van der Waals surface area contributed by atoms with Crippen LogP contribution in [-0.2, 0) is 0 Å². The maximum atomic E-state index is 12.1. The SMILES string of the molecule is Nc1cccc(NC(=O)c2cc(Br)cc([N+](=O)[O-])c2)c1. The summed E-state index contributed by atoms with van der Waals surface area (Å²) in [7, 11) is 0. The second-order valence-corrected chi connectivity index (χ2v) is 4.95. The van der Waals surface area contributed by atoms with Crippen molar-refractivity contribution < 1.29 is 9.72 Å². The largest absolute Gasteiger partial charge is 0.399 e. The first kappa shape index (κ1) is 14.0. The predicted octanol–water partition coefficient (Wildman–Crippen LogP) is 3.19. The van der Waals surface area contributed by atoms with E-state index < -0.39 is 10.8 Å². The lowest BCUT2D eigenvalue weighted by atomic mass is 10.2. The lowest BCUT2D eigenvalue weighted by Gasteiger charge is -2.06. The van der Waals surface area contributed by atoms with E-state index in [1.807, 2.05) is 0 Å². The summed E-state index contributed by atoms with van der Waals surface area (Å²) in [6.07, 6.45) is 0. The van der Waals surface area contributed by atoms with Crippen molar-refractivity contribution in [2.24, 2.45) is 0 Å². The van der Waals surface area contributed by atoms with Gasteiger partial charge in [0.05, 0.1) is 4.92 Å². The fourth-order valence-electron chi connectivity index (χ4n) is 1.63. The molecular formula is C13H10BrN3O3. The molecule has 2 aromatic rings. The summed E-state index contributed by atoms with van der Waals surface area (Å²) in [5.74, 6) is -0.444. The molecule has 7 heteroatoms. The Morgan fingerprint density at radius 3 is 2.65 bits per heavy atom. The maximum absolute atomic E-state index is 12.1. The molecule has 1 amide bonds. The fraction of sp³-hybridized carbons (Fsp3) is 0. The fourth-order valence-corrected chi connectivity index (χ4v) is 2.11. The zero-order chi connectivity index (χ0) is 14.7. The van der Waals surface area contributed by atoms with Crippen LogP contribution in [0.4, 0.5) is 17.1 Å². The van der Waals surface area contributed by atoms with Crippen LogP contribution in [-0.4, -0.2) is 10.8 Å². The van der Waals surface area contributed by atoms with Crippen molar-refractivity contribution in [2.45, 2.75) is 0 Å². The minimum absolute atomic E-state index is 0.155. The van der Waals surface area contributed by atoms with Gasteiger partial charge >= 0.3 is 0 Å². The van der Waals surface area contributed by atoms with E-state index in [4.69, 9.17) is 5.73 Å². The zero-order valence-electron chi connectivity index (χ0n) is 10.2. The Labute approximate surface area is 122 Å². The van der Waals surface area contributed by atoms with Gasteiger partial charge in [-0.1, -0.05) is 22.0 Å².